The molecule has 0 unspecified atom stereocenters. The molecule has 1 amide bonds. The molecule has 1 aliphatic rings. The zero-order valence-electron chi connectivity index (χ0n) is 9.98. The third-order valence-electron chi connectivity index (χ3n) is 2.73. The molecule has 1 aromatic rings. The lowest BCUT2D eigenvalue weighted by atomic mass is 10.0. The van der Waals surface area contributed by atoms with Gasteiger partial charge in [-0.1, -0.05) is 0 Å². The van der Waals surface area contributed by atoms with E-state index in [0.717, 1.165) is 5.01 Å². The Morgan fingerprint density at radius 2 is 1.95 bits per heavy atom. The van der Waals surface area contributed by atoms with E-state index in [-0.39, 0.29) is 23.5 Å². The zero-order valence-corrected chi connectivity index (χ0v) is 9.98. The lowest BCUT2D eigenvalue weighted by Gasteiger charge is -2.15. The Labute approximate surface area is 107 Å². The Hall–Kier alpha value is -2.32. The van der Waals surface area contributed by atoms with Crippen molar-refractivity contribution in [2.24, 2.45) is 5.10 Å². The Morgan fingerprint density at radius 1 is 1.37 bits per heavy atom. The van der Waals surface area contributed by atoms with Gasteiger partial charge in [0.1, 0.15) is 5.71 Å². The number of rotatable bonds is 3. The van der Waals surface area contributed by atoms with Crippen LogP contribution in [0.15, 0.2) is 29.4 Å². The molecule has 0 radical (unpaired) electrons. The first-order chi connectivity index (χ1) is 8.87. The number of nitro benzene ring substituents is 1. The SMILES string of the molecule is CCN1N=C(c2ccc([N+](=O)[O-])cc2)C(O)(O)C1=O. The number of non-ortho nitro benzene ring substituents is 1. The maximum Gasteiger partial charge on any atom is 0.309 e. The van der Waals surface area contributed by atoms with Crippen LogP contribution in [0.5, 0.6) is 0 Å². The van der Waals surface area contributed by atoms with Gasteiger partial charge in [0.25, 0.3) is 11.5 Å². The van der Waals surface area contributed by atoms with Crippen molar-refractivity contribution >= 4 is 17.3 Å². The van der Waals surface area contributed by atoms with Crippen LogP contribution >= 0.6 is 0 Å². The van der Waals surface area contributed by atoms with Crippen molar-refractivity contribution in [3.05, 3.63) is 39.9 Å². The van der Waals surface area contributed by atoms with Crippen LogP contribution in [0.25, 0.3) is 0 Å². The number of carbonyl (C=O) groups excluding carboxylic acids is 1. The number of hydrogen-bond donors (Lipinski definition) is 2. The average molecular weight is 265 g/mol. The Morgan fingerprint density at radius 3 is 2.37 bits per heavy atom. The predicted molar refractivity (Wildman–Crippen MR) is 64.2 cm³/mol. The van der Waals surface area contributed by atoms with E-state index < -0.39 is 16.6 Å². The van der Waals surface area contributed by atoms with Crippen LogP contribution in [0.1, 0.15) is 12.5 Å². The largest absolute Gasteiger partial charge is 0.353 e. The molecule has 0 fully saturated rings. The van der Waals surface area contributed by atoms with E-state index in [1.807, 2.05) is 0 Å². The van der Waals surface area contributed by atoms with Gasteiger partial charge in [0.15, 0.2) is 0 Å². The van der Waals surface area contributed by atoms with Gasteiger partial charge in [-0.05, 0) is 19.1 Å². The summed E-state index contributed by atoms with van der Waals surface area (Å²) in [6.45, 7) is 1.83. The van der Waals surface area contributed by atoms with Crippen molar-refractivity contribution in [1.82, 2.24) is 5.01 Å². The molecule has 1 aliphatic heterocycles. The number of nitrogens with zero attached hydrogens (tertiary/aromatic N) is 3. The Balaban J connectivity index is 2.41. The number of likely N-dealkylation sites (N-methyl/N-ethyl adjacent to an activating group) is 1. The standard InChI is InChI=1S/C11H11N3O5/c1-2-13-10(15)11(16,17)9(12-13)7-3-5-8(6-4-7)14(18)19/h3-6,16-17H,2H2,1H3. The number of amides is 1. The average Bonchev–Trinajstić information content (AvgIpc) is 2.61. The monoisotopic (exact) mass is 265 g/mol. The molecule has 19 heavy (non-hydrogen) atoms. The first kappa shape index (κ1) is 13.1. The van der Waals surface area contributed by atoms with E-state index in [0.29, 0.717) is 0 Å². The Kier molecular flexibility index (Phi) is 3.05. The number of hydrazone groups is 1. The number of benzene rings is 1. The molecule has 8 heteroatoms. The number of hydrogen-bond acceptors (Lipinski definition) is 6. The zero-order chi connectivity index (χ0) is 14.2. The van der Waals surface area contributed by atoms with Crippen molar-refractivity contribution < 1.29 is 19.9 Å². The van der Waals surface area contributed by atoms with Gasteiger partial charge < -0.3 is 10.2 Å². The highest BCUT2D eigenvalue weighted by Gasteiger charge is 2.48. The van der Waals surface area contributed by atoms with E-state index in [9.17, 15) is 25.1 Å². The number of aliphatic hydroxyl groups is 2. The first-order valence-electron chi connectivity index (χ1n) is 5.48. The van der Waals surface area contributed by atoms with Gasteiger partial charge in [0.2, 0.25) is 0 Å². The summed E-state index contributed by atoms with van der Waals surface area (Å²) in [7, 11) is 0. The van der Waals surface area contributed by atoms with Crippen LogP contribution in [0.3, 0.4) is 0 Å². The molecule has 0 aliphatic carbocycles. The molecule has 0 bridgehead atoms. The first-order valence-corrected chi connectivity index (χ1v) is 5.48. The summed E-state index contributed by atoms with van der Waals surface area (Å²) >= 11 is 0. The van der Waals surface area contributed by atoms with E-state index in [1.165, 1.54) is 24.3 Å². The predicted octanol–water partition coefficient (Wildman–Crippen LogP) is -0.158. The highest BCUT2D eigenvalue weighted by Crippen LogP contribution is 2.24. The molecule has 0 atom stereocenters. The van der Waals surface area contributed by atoms with Gasteiger partial charge in [-0.2, -0.15) is 5.10 Å². The molecule has 0 spiro atoms. The van der Waals surface area contributed by atoms with Gasteiger partial charge in [0.05, 0.1) is 4.92 Å². The molecule has 2 rings (SSSR count). The van der Waals surface area contributed by atoms with Crippen LogP contribution in [-0.2, 0) is 4.79 Å². The minimum Gasteiger partial charge on any atom is -0.353 e. The highest BCUT2D eigenvalue weighted by molar-refractivity contribution is 6.20. The van der Waals surface area contributed by atoms with Crippen molar-refractivity contribution in [2.45, 2.75) is 12.7 Å². The summed E-state index contributed by atoms with van der Waals surface area (Å²) in [5.74, 6) is -3.64. The van der Waals surface area contributed by atoms with Crippen LogP contribution in [-0.4, -0.2) is 44.1 Å². The molecule has 1 aromatic carbocycles. The number of nitro groups is 1. The Bertz CT molecular complexity index is 564. The van der Waals surface area contributed by atoms with E-state index in [1.54, 1.807) is 6.92 Å². The topological polar surface area (TPSA) is 116 Å². The summed E-state index contributed by atoms with van der Waals surface area (Å²) < 4.78 is 0. The summed E-state index contributed by atoms with van der Waals surface area (Å²) in [6.07, 6.45) is 0. The second-order valence-electron chi connectivity index (χ2n) is 3.95. The van der Waals surface area contributed by atoms with Gasteiger partial charge in [-0.15, -0.1) is 0 Å². The third kappa shape index (κ3) is 2.07. The minimum atomic E-state index is -2.70. The van der Waals surface area contributed by atoms with Gasteiger partial charge in [-0.25, -0.2) is 5.01 Å². The molecule has 8 nitrogen and oxygen atoms in total. The molecular weight excluding hydrogens is 254 g/mol. The van der Waals surface area contributed by atoms with Crippen LogP contribution in [0, 0.1) is 10.1 Å². The second-order valence-corrected chi connectivity index (χ2v) is 3.95. The van der Waals surface area contributed by atoms with Crippen LogP contribution in [0.2, 0.25) is 0 Å². The van der Waals surface area contributed by atoms with Gasteiger partial charge >= 0.3 is 5.91 Å². The number of carbonyl (C=O) groups is 1. The summed E-state index contributed by atoms with van der Waals surface area (Å²) in [4.78, 5) is 21.6. The normalized spacial score (nSPS) is 17.5. The van der Waals surface area contributed by atoms with Crippen molar-refractivity contribution in [3.8, 4) is 0 Å². The lowest BCUT2D eigenvalue weighted by Crippen LogP contribution is -2.46. The second kappa shape index (κ2) is 4.41. The van der Waals surface area contributed by atoms with Crippen molar-refractivity contribution in [3.63, 3.8) is 0 Å². The summed E-state index contributed by atoms with van der Waals surface area (Å²) in [5.41, 5.74) is -0.142. The van der Waals surface area contributed by atoms with E-state index in [4.69, 9.17) is 0 Å². The summed E-state index contributed by atoms with van der Waals surface area (Å²) in [6, 6.07) is 5.02. The fraction of sp³-hybridized carbons (Fsp3) is 0.273. The quantitative estimate of drug-likeness (QED) is 0.447. The van der Waals surface area contributed by atoms with Gasteiger partial charge in [0, 0.05) is 24.2 Å². The fourth-order valence-corrected chi connectivity index (χ4v) is 1.73. The maximum absolute atomic E-state index is 11.6. The van der Waals surface area contributed by atoms with Gasteiger partial charge in [-0.3, -0.25) is 14.9 Å². The fourth-order valence-electron chi connectivity index (χ4n) is 1.73. The van der Waals surface area contributed by atoms with Crippen LogP contribution < -0.4 is 0 Å². The van der Waals surface area contributed by atoms with Crippen molar-refractivity contribution in [1.29, 1.82) is 0 Å². The van der Waals surface area contributed by atoms with E-state index >= 15 is 0 Å². The van der Waals surface area contributed by atoms with Crippen molar-refractivity contribution in [2.75, 3.05) is 6.54 Å². The molecule has 100 valence electrons. The molecule has 0 saturated heterocycles. The highest BCUT2D eigenvalue weighted by atomic mass is 16.6. The summed E-state index contributed by atoms with van der Waals surface area (Å²) in [5, 5.41) is 34.8. The third-order valence-corrected chi connectivity index (χ3v) is 2.73. The van der Waals surface area contributed by atoms with E-state index in [2.05, 4.69) is 5.10 Å². The molecule has 0 aromatic heterocycles. The van der Waals surface area contributed by atoms with Crippen LogP contribution in [0.4, 0.5) is 5.69 Å². The molecule has 1 heterocycles. The minimum absolute atomic E-state index is 0.137. The maximum atomic E-state index is 11.6. The molecule has 2 N–H and O–H groups in total. The lowest BCUT2D eigenvalue weighted by molar-refractivity contribution is -0.384. The molecular formula is C11H11N3O5. The smallest absolute Gasteiger partial charge is 0.309 e. The molecule has 0 saturated carbocycles.